The average molecular weight is 325 g/mol. The van der Waals surface area contributed by atoms with Gasteiger partial charge in [-0.1, -0.05) is 45.7 Å². The van der Waals surface area contributed by atoms with Gasteiger partial charge in [-0.05, 0) is 29.8 Å². The Kier molecular flexibility index (Phi) is 4.04. The number of nitrogen functional groups attached to an aromatic ring is 1. The molecule has 2 rings (SSSR count). The molecule has 92 valence electrons. The largest absolute Gasteiger partial charge is 0.398 e. The number of ketones is 1. The molecule has 0 unspecified atom stereocenters. The maximum absolute atomic E-state index is 12.1. The van der Waals surface area contributed by atoms with Crippen LogP contribution in [0.5, 0.6) is 0 Å². The summed E-state index contributed by atoms with van der Waals surface area (Å²) in [6, 6.07) is 12.6. The molecule has 0 radical (unpaired) electrons. The Bertz CT molecular complexity index is 598. The maximum Gasteiger partial charge on any atom is 0.167 e. The van der Waals surface area contributed by atoms with Crippen molar-refractivity contribution in [3.8, 4) is 0 Å². The lowest BCUT2D eigenvalue weighted by Gasteiger charge is -2.05. The molecule has 0 spiro atoms. The van der Waals surface area contributed by atoms with Crippen molar-refractivity contribution in [2.45, 2.75) is 6.42 Å². The predicted molar refractivity (Wildman–Crippen MR) is 78.0 cm³/mol. The standard InChI is InChI=1S/C14H11BrClNO/c15-11-4-2-1-3-9(11)8-14(18)10-5-6-12(16)13(17)7-10/h1-7H,8,17H2. The Balaban J connectivity index is 2.22. The fourth-order valence-electron chi connectivity index (χ4n) is 1.63. The summed E-state index contributed by atoms with van der Waals surface area (Å²) >= 11 is 9.25. The second-order valence-corrected chi connectivity index (χ2v) is 5.19. The summed E-state index contributed by atoms with van der Waals surface area (Å²) in [6.07, 6.45) is 0.336. The Hall–Kier alpha value is -1.32. The number of halogens is 2. The van der Waals surface area contributed by atoms with Gasteiger partial charge in [0.15, 0.2) is 5.78 Å². The van der Waals surface area contributed by atoms with Crippen molar-refractivity contribution < 1.29 is 4.79 Å². The van der Waals surface area contributed by atoms with Crippen LogP contribution in [0.4, 0.5) is 5.69 Å². The van der Waals surface area contributed by atoms with Crippen LogP contribution in [0.3, 0.4) is 0 Å². The number of Topliss-reactive ketones (excluding diaryl/α,β-unsaturated/α-hetero) is 1. The average Bonchev–Trinajstić information content (AvgIpc) is 2.35. The summed E-state index contributed by atoms with van der Waals surface area (Å²) in [7, 11) is 0. The topological polar surface area (TPSA) is 43.1 Å². The van der Waals surface area contributed by atoms with Crippen LogP contribution in [-0.4, -0.2) is 5.78 Å². The third-order valence-corrected chi connectivity index (χ3v) is 3.74. The highest BCUT2D eigenvalue weighted by molar-refractivity contribution is 9.10. The highest BCUT2D eigenvalue weighted by Crippen LogP contribution is 2.22. The summed E-state index contributed by atoms with van der Waals surface area (Å²) in [5, 5.41) is 0.465. The molecular weight excluding hydrogens is 314 g/mol. The zero-order valence-corrected chi connectivity index (χ0v) is 11.8. The molecule has 0 aliphatic heterocycles. The van der Waals surface area contributed by atoms with E-state index >= 15 is 0 Å². The van der Waals surface area contributed by atoms with Crippen LogP contribution in [0.1, 0.15) is 15.9 Å². The van der Waals surface area contributed by atoms with Crippen molar-refractivity contribution >= 4 is 39.0 Å². The Labute approximate surface area is 119 Å². The van der Waals surface area contributed by atoms with Gasteiger partial charge in [0.05, 0.1) is 10.7 Å². The van der Waals surface area contributed by atoms with E-state index < -0.39 is 0 Å². The molecule has 0 fully saturated rings. The molecule has 0 bridgehead atoms. The highest BCUT2D eigenvalue weighted by Gasteiger charge is 2.10. The number of hydrogen-bond acceptors (Lipinski definition) is 2. The third kappa shape index (κ3) is 2.92. The van der Waals surface area contributed by atoms with Crippen molar-refractivity contribution in [2.24, 2.45) is 0 Å². The molecule has 2 aromatic carbocycles. The van der Waals surface area contributed by atoms with E-state index in [9.17, 15) is 4.79 Å². The summed E-state index contributed by atoms with van der Waals surface area (Å²) in [4.78, 5) is 12.1. The second kappa shape index (κ2) is 5.55. The van der Waals surface area contributed by atoms with Gasteiger partial charge >= 0.3 is 0 Å². The smallest absolute Gasteiger partial charge is 0.167 e. The number of carbonyl (C=O) groups excluding carboxylic acids is 1. The Morgan fingerprint density at radius 1 is 1.22 bits per heavy atom. The van der Waals surface area contributed by atoms with Crippen molar-refractivity contribution in [3.63, 3.8) is 0 Å². The monoisotopic (exact) mass is 323 g/mol. The van der Waals surface area contributed by atoms with Gasteiger partial charge in [0, 0.05) is 16.5 Å². The molecule has 4 heteroatoms. The van der Waals surface area contributed by atoms with Crippen molar-refractivity contribution in [3.05, 3.63) is 63.1 Å². The van der Waals surface area contributed by atoms with E-state index in [0.717, 1.165) is 10.0 Å². The molecule has 0 aliphatic carbocycles. The lowest BCUT2D eigenvalue weighted by molar-refractivity contribution is 0.0993. The quantitative estimate of drug-likeness (QED) is 0.682. The van der Waals surface area contributed by atoms with Crippen molar-refractivity contribution in [1.29, 1.82) is 0 Å². The van der Waals surface area contributed by atoms with Gasteiger partial charge in [-0.2, -0.15) is 0 Å². The van der Waals surface area contributed by atoms with E-state index in [-0.39, 0.29) is 5.78 Å². The minimum Gasteiger partial charge on any atom is -0.398 e. The van der Waals surface area contributed by atoms with Crippen molar-refractivity contribution in [2.75, 3.05) is 5.73 Å². The molecule has 0 saturated carbocycles. The first kappa shape index (κ1) is 13.1. The lowest BCUT2D eigenvalue weighted by atomic mass is 10.0. The molecule has 0 saturated heterocycles. The minimum absolute atomic E-state index is 0.0188. The fourth-order valence-corrected chi connectivity index (χ4v) is 2.18. The first-order valence-electron chi connectivity index (χ1n) is 5.39. The van der Waals surface area contributed by atoms with E-state index in [2.05, 4.69) is 15.9 Å². The number of nitrogens with two attached hydrogens (primary N) is 1. The highest BCUT2D eigenvalue weighted by atomic mass is 79.9. The number of rotatable bonds is 3. The lowest BCUT2D eigenvalue weighted by Crippen LogP contribution is -2.04. The number of anilines is 1. The minimum atomic E-state index is 0.0188. The predicted octanol–water partition coefficient (Wildman–Crippen LogP) is 4.11. The zero-order chi connectivity index (χ0) is 13.1. The normalized spacial score (nSPS) is 10.3. The van der Waals surface area contributed by atoms with Crippen LogP contribution >= 0.6 is 27.5 Å². The van der Waals surface area contributed by atoms with Gasteiger partial charge < -0.3 is 5.73 Å². The second-order valence-electron chi connectivity index (χ2n) is 3.93. The van der Waals surface area contributed by atoms with Gasteiger partial charge in [0.25, 0.3) is 0 Å². The number of carbonyl (C=O) groups is 1. The van der Waals surface area contributed by atoms with Crippen LogP contribution in [-0.2, 0) is 6.42 Å². The third-order valence-electron chi connectivity index (χ3n) is 2.63. The van der Waals surface area contributed by atoms with Crippen LogP contribution in [0.15, 0.2) is 46.9 Å². The Morgan fingerprint density at radius 3 is 2.61 bits per heavy atom. The van der Waals surface area contributed by atoms with Gasteiger partial charge in [0.1, 0.15) is 0 Å². The molecule has 2 nitrogen and oxygen atoms in total. The molecule has 2 N–H and O–H groups in total. The van der Waals surface area contributed by atoms with Gasteiger partial charge in [-0.3, -0.25) is 4.79 Å². The van der Waals surface area contributed by atoms with E-state index in [0.29, 0.717) is 22.7 Å². The molecule has 0 aromatic heterocycles. The van der Waals surface area contributed by atoms with Gasteiger partial charge in [-0.15, -0.1) is 0 Å². The van der Waals surface area contributed by atoms with E-state index in [1.807, 2.05) is 24.3 Å². The molecule has 2 aromatic rings. The molecule has 0 heterocycles. The number of benzene rings is 2. The van der Waals surface area contributed by atoms with Crippen LogP contribution < -0.4 is 5.73 Å². The Morgan fingerprint density at radius 2 is 1.94 bits per heavy atom. The molecule has 18 heavy (non-hydrogen) atoms. The molecule has 0 aliphatic rings. The first-order chi connectivity index (χ1) is 8.58. The fraction of sp³-hybridized carbons (Fsp3) is 0.0714. The maximum atomic E-state index is 12.1. The van der Waals surface area contributed by atoms with Gasteiger partial charge in [-0.25, -0.2) is 0 Å². The van der Waals surface area contributed by atoms with Crippen LogP contribution in [0.25, 0.3) is 0 Å². The van der Waals surface area contributed by atoms with E-state index in [1.54, 1.807) is 18.2 Å². The SMILES string of the molecule is Nc1cc(C(=O)Cc2ccccc2Br)ccc1Cl. The molecule has 0 atom stereocenters. The van der Waals surface area contributed by atoms with Crippen LogP contribution in [0.2, 0.25) is 5.02 Å². The zero-order valence-electron chi connectivity index (χ0n) is 9.49. The van der Waals surface area contributed by atoms with E-state index in [4.69, 9.17) is 17.3 Å². The molecular formula is C14H11BrClNO. The summed E-state index contributed by atoms with van der Waals surface area (Å²) in [5.74, 6) is 0.0188. The number of hydrogen-bond donors (Lipinski definition) is 1. The van der Waals surface area contributed by atoms with Crippen LogP contribution in [0, 0.1) is 0 Å². The summed E-state index contributed by atoms with van der Waals surface area (Å²) < 4.78 is 0.931. The van der Waals surface area contributed by atoms with Gasteiger partial charge in [0.2, 0.25) is 0 Å². The molecule has 0 amide bonds. The first-order valence-corrected chi connectivity index (χ1v) is 6.56. The summed E-state index contributed by atoms with van der Waals surface area (Å²) in [6.45, 7) is 0. The van der Waals surface area contributed by atoms with Crippen molar-refractivity contribution in [1.82, 2.24) is 0 Å². The summed E-state index contributed by atoms with van der Waals surface area (Å²) in [5.41, 5.74) is 7.65. The van der Waals surface area contributed by atoms with E-state index in [1.165, 1.54) is 0 Å².